The lowest BCUT2D eigenvalue weighted by atomic mass is 10.1. The highest BCUT2D eigenvalue weighted by Gasteiger charge is 2.19. The second-order valence-corrected chi connectivity index (χ2v) is 13.1. The van der Waals surface area contributed by atoms with Crippen molar-refractivity contribution in [2.75, 3.05) is 13.2 Å². The minimum absolute atomic E-state index is 0.0948. The van der Waals surface area contributed by atoms with Crippen LogP contribution in [0.15, 0.2) is 85.1 Å². The summed E-state index contributed by atoms with van der Waals surface area (Å²) in [5.41, 5.74) is 0. The van der Waals surface area contributed by atoms with Crippen molar-refractivity contribution in [1.82, 2.24) is 0 Å². The van der Waals surface area contributed by atoms with Crippen LogP contribution in [0, 0.1) is 0 Å². The number of carbonyl (C=O) groups excluding carboxylic acids is 3. The van der Waals surface area contributed by atoms with Crippen molar-refractivity contribution in [2.24, 2.45) is 0 Å². The maximum Gasteiger partial charge on any atom is 0.310 e. The molecule has 6 heteroatoms. The third kappa shape index (κ3) is 37.8. The van der Waals surface area contributed by atoms with Crippen LogP contribution in [0.25, 0.3) is 0 Å². The lowest BCUT2D eigenvalue weighted by Crippen LogP contribution is -2.30. The third-order valence-electron chi connectivity index (χ3n) is 8.15. The van der Waals surface area contributed by atoms with Gasteiger partial charge >= 0.3 is 17.9 Å². The van der Waals surface area contributed by atoms with Gasteiger partial charge in [-0.2, -0.15) is 0 Å². The van der Waals surface area contributed by atoms with Crippen molar-refractivity contribution in [3.05, 3.63) is 85.1 Å². The molecule has 6 nitrogen and oxygen atoms in total. The van der Waals surface area contributed by atoms with E-state index in [2.05, 4.69) is 93.7 Å². The van der Waals surface area contributed by atoms with Gasteiger partial charge in [0.15, 0.2) is 6.10 Å². The van der Waals surface area contributed by atoms with E-state index in [0.717, 1.165) is 83.5 Å². The molecule has 0 radical (unpaired) electrons. The van der Waals surface area contributed by atoms with E-state index in [4.69, 9.17) is 14.2 Å². The summed E-state index contributed by atoms with van der Waals surface area (Å²) in [5, 5.41) is 0. The molecule has 0 N–H and O–H groups in total. The van der Waals surface area contributed by atoms with Crippen LogP contribution in [-0.2, 0) is 28.6 Å². The second-order valence-electron chi connectivity index (χ2n) is 13.1. The van der Waals surface area contributed by atoms with Crippen molar-refractivity contribution >= 4 is 17.9 Å². The lowest BCUT2D eigenvalue weighted by Gasteiger charge is -2.18. The second kappa shape index (κ2) is 40.4. The monoisotopic (exact) mass is 723 g/mol. The Hall–Kier alpha value is -3.41. The largest absolute Gasteiger partial charge is 0.462 e. The fourth-order valence-electron chi connectivity index (χ4n) is 5.11. The Morgan fingerprint density at radius 1 is 0.423 bits per heavy atom. The fourth-order valence-corrected chi connectivity index (χ4v) is 5.11. The summed E-state index contributed by atoms with van der Waals surface area (Å²) >= 11 is 0. The first-order chi connectivity index (χ1) is 25.5. The molecule has 0 fully saturated rings. The molecule has 0 heterocycles. The van der Waals surface area contributed by atoms with Gasteiger partial charge in [0.25, 0.3) is 0 Å². The third-order valence-corrected chi connectivity index (χ3v) is 8.15. The average Bonchev–Trinajstić information content (AvgIpc) is 3.14. The standard InChI is InChI=1S/C46H74O6/c1-4-7-10-13-16-19-20-21-22-23-24-25-28-30-33-36-39-45(48)51-42-43(52-46(49)40-37-34-31-27-18-15-12-9-6-3)41-50-44(47)38-35-32-29-26-17-14-11-8-5-2/h7,9-10,12,16,18-19,21-22,26-27,29,34,37,43H,4-6,8,11,13-15,17,20,23-25,28,30-33,35-36,38-42H2,1-3H3/b10-7-,12-9-,19-16-,22-21-,27-18-,29-26-,37-34-. The summed E-state index contributed by atoms with van der Waals surface area (Å²) in [5.74, 6) is -1.12. The fraction of sp³-hybridized carbons (Fsp3) is 0.630. The van der Waals surface area contributed by atoms with Crippen molar-refractivity contribution in [3.8, 4) is 0 Å². The molecule has 0 aromatic carbocycles. The molecular weight excluding hydrogens is 648 g/mol. The molecule has 0 aliphatic carbocycles. The van der Waals surface area contributed by atoms with E-state index < -0.39 is 12.1 Å². The molecule has 0 rings (SSSR count). The van der Waals surface area contributed by atoms with E-state index in [1.54, 1.807) is 6.08 Å². The van der Waals surface area contributed by atoms with Crippen molar-refractivity contribution in [2.45, 2.75) is 175 Å². The van der Waals surface area contributed by atoms with Gasteiger partial charge in [0.2, 0.25) is 0 Å². The number of allylic oxidation sites excluding steroid dienone is 13. The molecule has 0 aromatic rings. The highest BCUT2D eigenvalue weighted by atomic mass is 16.6. The average molecular weight is 723 g/mol. The lowest BCUT2D eigenvalue weighted by molar-refractivity contribution is -0.166. The molecule has 0 spiro atoms. The highest BCUT2D eigenvalue weighted by molar-refractivity contribution is 5.72. The predicted molar refractivity (Wildman–Crippen MR) is 219 cm³/mol. The van der Waals surface area contributed by atoms with Gasteiger partial charge in [0.05, 0.1) is 6.42 Å². The van der Waals surface area contributed by atoms with E-state index >= 15 is 0 Å². The van der Waals surface area contributed by atoms with Crippen LogP contribution >= 0.6 is 0 Å². The van der Waals surface area contributed by atoms with E-state index in [1.807, 2.05) is 6.08 Å². The van der Waals surface area contributed by atoms with Gasteiger partial charge < -0.3 is 14.2 Å². The van der Waals surface area contributed by atoms with Crippen LogP contribution < -0.4 is 0 Å². The first-order valence-corrected chi connectivity index (χ1v) is 20.6. The maximum absolute atomic E-state index is 12.5. The summed E-state index contributed by atoms with van der Waals surface area (Å²) < 4.78 is 16.4. The molecule has 52 heavy (non-hydrogen) atoms. The number of esters is 3. The maximum atomic E-state index is 12.5. The summed E-state index contributed by atoms with van der Waals surface area (Å²) in [4.78, 5) is 37.4. The topological polar surface area (TPSA) is 78.9 Å². The van der Waals surface area contributed by atoms with Crippen LogP contribution in [0.2, 0.25) is 0 Å². The van der Waals surface area contributed by atoms with Gasteiger partial charge in [-0.15, -0.1) is 0 Å². The molecule has 0 aliphatic rings. The van der Waals surface area contributed by atoms with Crippen LogP contribution in [0.1, 0.15) is 168 Å². The van der Waals surface area contributed by atoms with Crippen LogP contribution in [0.4, 0.5) is 0 Å². The Morgan fingerprint density at radius 2 is 0.827 bits per heavy atom. The van der Waals surface area contributed by atoms with E-state index in [9.17, 15) is 14.4 Å². The zero-order valence-electron chi connectivity index (χ0n) is 33.3. The van der Waals surface area contributed by atoms with Gasteiger partial charge in [-0.05, 0) is 83.5 Å². The number of unbranched alkanes of at least 4 members (excludes halogenated alkanes) is 11. The van der Waals surface area contributed by atoms with Crippen LogP contribution in [-0.4, -0.2) is 37.2 Å². The zero-order valence-corrected chi connectivity index (χ0v) is 33.3. The molecule has 0 amide bonds. The highest BCUT2D eigenvalue weighted by Crippen LogP contribution is 2.11. The predicted octanol–water partition coefficient (Wildman–Crippen LogP) is 12.9. The normalized spacial score (nSPS) is 12.9. The van der Waals surface area contributed by atoms with Crippen molar-refractivity contribution < 1.29 is 28.6 Å². The minimum Gasteiger partial charge on any atom is -0.462 e. The summed E-state index contributed by atoms with van der Waals surface area (Å²) in [6.07, 6.45) is 50.4. The van der Waals surface area contributed by atoms with Gasteiger partial charge in [-0.25, -0.2) is 0 Å². The minimum atomic E-state index is -0.838. The molecular formula is C46H74O6. The van der Waals surface area contributed by atoms with E-state index in [1.165, 1.54) is 38.5 Å². The Kier molecular flexibility index (Phi) is 37.7. The number of rotatable bonds is 35. The molecule has 1 atom stereocenters. The SMILES string of the molecule is CC/C=C\C/C=C\C/C=C\CCCCCCCCC(=O)OCC(COC(=O)CCC/C=C\CCCCCC)OC(=O)C/C=C\C/C=C\C/C=C\CC. The molecule has 294 valence electrons. The quantitative estimate of drug-likeness (QED) is 0.0280. The zero-order chi connectivity index (χ0) is 38.0. The first kappa shape index (κ1) is 48.6. The van der Waals surface area contributed by atoms with Gasteiger partial charge in [-0.3, -0.25) is 14.4 Å². The number of hydrogen-bond donors (Lipinski definition) is 0. The summed E-state index contributed by atoms with van der Waals surface area (Å²) in [6, 6.07) is 0. The Morgan fingerprint density at radius 3 is 1.37 bits per heavy atom. The molecule has 0 saturated heterocycles. The molecule has 0 saturated carbocycles. The van der Waals surface area contributed by atoms with Crippen LogP contribution in [0.5, 0.6) is 0 Å². The Labute approximate surface area is 318 Å². The van der Waals surface area contributed by atoms with Gasteiger partial charge in [-0.1, -0.05) is 151 Å². The molecule has 1 unspecified atom stereocenters. The van der Waals surface area contributed by atoms with Crippen molar-refractivity contribution in [3.63, 3.8) is 0 Å². The Bertz CT molecular complexity index is 1060. The smallest absolute Gasteiger partial charge is 0.310 e. The summed E-state index contributed by atoms with van der Waals surface area (Å²) in [6.45, 7) is 6.20. The van der Waals surface area contributed by atoms with Gasteiger partial charge in [0.1, 0.15) is 13.2 Å². The number of carbonyl (C=O) groups is 3. The molecule has 0 aliphatic heterocycles. The molecule has 0 bridgehead atoms. The number of ether oxygens (including phenoxy) is 3. The number of hydrogen-bond acceptors (Lipinski definition) is 6. The van der Waals surface area contributed by atoms with Crippen LogP contribution in [0.3, 0.4) is 0 Å². The molecule has 0 aromatic heterocycles. The van der Waals surface area contributed by atoms with Crippen molar-refractivity contribution in [1.29, 1.82) is 0 Å². The van der Waals surface area contributed by atoms with E-state index in [0.29, 0.717) is 12.8 Å². The summed E-state index contributed by atoms with van der Waals surface area (Å²) in [7, 11) is 0. The Balaban J connectivity index is 4.46. The van der Waals surface area contributed by atoms with E-state index in [-0.39, 0.29) is 38.0 Å². The first-order valence-electron chi connectivity index (χ1n) is 20.6. The van der Waals surface area contributed by atoms with Gasteiger partial charge in [0, 0.05) is 12.8 Å².